The number of ether oxygens (including phenoxy) is 1. The fraction of sp³-hybridized carbons (Fsp3) is 0.600. The molecule has 1 aromatic heterocycles. The van der Waals surface area contributed by atoms with Gasteiger partial charge in [-0.3, -0.25) is 0 Å². The quantitative estimate of drug-likeness (QED) is 0.747. The Balaban J connectivity index is 2.01. The summed E-state index contributed by atoms with van der Waals surface area (Å²) in [4.78, 5) is 19.5. The number of amides is 1. The number of rotatable bonds is 1. The summed E-state index contributed by atoms with van der Waals surface area (Å²) in [5.41, 5.74) is 0.292. The molecule has 0 N–H and O–H groups in total. The Morgan fingerprint density at radius 2 is 2.14 bits per heavy atom. The third kappa shape index (κ3) is 4.06. The molecule has 1 fully saturated rings. The van der Waals surface area contributed by atoms with Gasteiger partial charge in [0, 0.05) is 43.6 Å². The van der Waals surface area contributed by atoms with Crippen molar-refractivity contribution in [2.24, 2.45) is 0 Å². The van der Waals surface area contributed by atoms with Crippen LogP contribution in [0, 0.1) is 5.95 Å². The van der Waals surface area contributed by atoms with Gasteiger partial charge in [-0.2, -0.15) is 4.39 Å². The maximum atomic E-state index is 13.2. The molecule has 0 unspecified atom stereocenters. The van der Waals surface area contributed by atoms with Gasteiger partial charge in [0.1, 0.15) is 5.60 Å². The molecule has 1 aliphatic heterocycles. The lowest BCUT2D eigenvalue weighted by Gasteiger charge is -2.41. The van der Waals surface area contributed by atoms with E-state index in [0.29, 0.717) is 19.6 Å². The number of nitrogens with zero attached hydrogens (tertiary/aromatic N) is 3. The standard InChI is InChI=1S/C15H22FN3O2/c1-11-10-18(12-5-6-17-13(16)9-12)7-8-19(11)14(20)21-15(2,3)4/h5-6,9,11H,7-8,10H2,1-4H3/t11-/m0/s1. The molecule has 116 valence electrons. The zero-order valence-electron chi connectivity index (χ0n) is 13.0. The second kappa shape index (κ2) is 5.87. The van der Waals surface area contributed by atoms with E-state index in [9.17, 15) is 9.18 Å². The number of halogens is 1. The Morgan fingerprint density at radius 1 is 1.43 bits per heavy atom. The van der Waals surface area contributed by atoms with Crippen molar-refractivity contribution >= 4 is 11.8 Å². The molecule has 0 aliphatic carbocycles. The molecule has 2 rings (SSSR count). The predicted molar refractivity (Wildman–Crippen MR) is 78.8 cm³/mol. The van der Waals surface area contributed by atoms with Crippen molar-refractivity contribution in [2.45, 2.75) is 39.3 Å². The first kappa shape index (κ1) is 15.5. The molecule has 1 atom stereocenters. The molecule has 1 saturated heterocycles. The molecule has 21 heavy (non-hydrogen) atoms. The number of hydrogen-bond acceptors (Lipinski definition) is 4. The van der Waals surface area contributed by atoms with Crippen molar-refractivity contribution in [3.63, 3.8) is 0 Å². The monoisotopic (exact) mass is 295 g/mol. The number of carbonyl (C=O) groups excluding carboxylic acids is 1. The minimum atomic E-state index is -0.498. The van der Waals surface area contributed by atoms with E-state index in [-0.39, 0.29) is 12.1 Å². The molecular formula is C15H22FN3O2. The van der Waals surface area contributed by atoms with Crippen LogP contribution in [0.15, 0.2) is 18.3 Å². The van der Waals surface area contributed by atoms with Crippen molar-refractivity contribution < 1.29 is 13.9 Å². The van der Waals surface area contributed by atoms with Crippen LogP contribution in [0.5, 0.6) is 0 Å². The van der Waals surface area contributed by atoms with Gasteiger partial charge in [-0.1, -0.05) is 0 Å². The van der Waals surface area contributed by atoms with Crippen LogP contribution in [0.1, 0.15) is 27.7 Å². The lowest BCUT2D eigenvalue weighted by Crippen LogP contribution is -2.55. The van der Waals surface area contributed by atoms with Crippen LogP contribution in [0.3, 0.4) is 0 Å². The summed E-state index contributed by atoms with van der Waals surface area (Å²) in [5.74, 6) is -0.491. The van der Waals surface area contributed by atoms with Crippen LogP contribution < -0.4 is 4.90 Å². The van der Waals surface area contributed by atoms with Gasteiger partial charge in [0.2, 0.25) is 5.95 Å². The van der Waals surface area contributed by atoms with Gasteiger partial charge in [-0.15, -0.1) is 0 Å². The summed E-state index contributed by atoms with van der Waals surface area (Å²) in [6.45, 7) is 9.37. The Bertz CT molecular complexity index is 516. The van der Waals surface area contributed by atoms with Crippen molar-refractivity contribution in [1.29, 1.82) is 0 Å². The normalized spacial score (nSPS) is 19.6. The maximum absolute atomic E-state index is 13.2. The second-order valence-electron chi connectivity index (χ2n) is 6.31. The number of anilines is 1. The zero-order valence-corrected chi connectivity index (χ0v) is 13.0. The van der Waals surface area contributed by atoms with Gasteiger partial charge in [0.15, 0.2) is 0 Å². The topological polar surface area (TPSA) is 45.7 Å². The van der Waals surface area contributed by atoms with E-state index in [2.05, 4.69) is 9.88 Å². The molecule has 0 spiro atoms. The first-order chi connectivity index (χ1) is 9.76. The fourth-order valence-electron chi connectivity index (χ4n) is 2.37. The lowest BCUT2D eigenvalue weighted by molar-refractivity contribution is 0.0159. The first-order valence-corrected chi connectivity index (χ1v) is 7.12. The van der Waals surface area contributed by atoms with Crippen molar-refractivity contribution in [2.75, 3.05) is 24.5 Å². The van der Waals surface area contributed by atoms with Crippen LogP contribution in [0.25, 0.3) is 0 Å². The molecule has 1 aromatic rings. The molecule has 0 radical (unpaired) electrons. The van der Waals surface area contributed by atoms with Gasteiger partial charge in [-0.25, -0.2) is 9.78 Å². The minimum Gasteiger partial charge on any atom is -0.444 e. The van der Waals surface area contributed by atoms with E-state index < -0.39 is 11.5 Å². The van der Waals surface area contributed by atoms with Gasteiger partial charge in [0.25, 0.3) is 0 Å². The van der Waals surface area contributed by atoms with E-state index in [0.717, 1.165) is 5.69 Å². The minimum absolute atomic E-state index is 0.00447. The van der Waals surface area contributed by atoms with E-state index in [1.807, 2.05) is 27.7 Å². The van der Waals surface area contributed by atoms with Gasteiger partial charge < -0.3 is 14.5 Å². The molecular weight excluding hydrogens is 273 g/mol. The third-order valence-corrected chi connectivity index (χ3v) is 3.33. The third-order valence-electron chi connectivity index (χ3n) is 3.33. The highest BCUT2D eigenvalue weighted by Gasteiger charge is 2.30. The number of piperazine rings is 1. The molecule has 0 bridgehead atoms. The summed E-state index contributed by atoms with van der Waals surface area (Å²) in [5, 5.41) is 0. The largest absolute Gasteiger partial charge is 0.444 e. The summed E-state index contributed by atoms with van der Waals surface area (Å²) < 4.78 is 18.6. The SMILES string of the molecule is C[C@H]1CN(c2ccnc(F)c2)CCN1C(=O)OC(C)(C)C. The second-order valence-corrected chi connectivity index (χ2v) is 6.31. The average Bonchev–Trinajstić information content (AvgIpc) is 2.36. The Kier molecular flexibility index (Phi) is 4.34. The molecule has 5 nitrogen and oxygen atoms in total. The molecule has 6 heteroatoms. The van der Waals surface area contributed by atoms with Crippen LogP contribution >= 0.6 is 0 Å². The molecule has 1 aliphatic rings. The lowest BCUT2D eigenvalue weighted by atomic mass is 10.1. The highest BCUT2D eigenvalue weighted by Crippen LogP contribution is 2.21. The highest BCUT2D eigenvalue weighted by molar-refractivity contribution is 5.69. The maximum Gasteiger partial charge on any atom is 0.410 e. The number of carbonyl (C=O) groups is 1. The predicted octanol–water partition coefficient (Wildman–Crippen LogP) is 2.67. The zero-order chi connectivity index (χ0) is 15.6. The van der Waals surface area contributed by atoms with E-state index in [1.165, 1.54) is 12.3 Å². The highest BCUT2D eigenvalue weighted by atomic mass is 19.1. The average molecular weight is 295 g/mol. The van der Waals surface area contributed by atoms with Gasteiger partial charge >= 0.3 is 6.09 Å². The van der Waals surface area contributed by atoms with Crippen LogP contribution in [-0.4, -0.2) is 47.3 Å². The van der Waals surface area contributed by atoms with E-state index >= 15 is 0 Å². The molecule has 0 saturated carbocycles. The fourth-order valence-corrected chi connectivity index (χ4v) is 2.37. The van der Waals surface area contributed by atoms with E-state index in [1.54, 1.807) is 11.0 Å². The molecule has 1 amide bonds. The van der Waals surface area contributed by atoms with Crippen LogP contribution in [0.2, 0.25) is 0 Å². The van der Waals surface area contributed by atoms with E-state index in [4.69, 9.17) is 4.74 Å². The summed E-state index contributed by atoms with van der Waals surface area (Å²) in [6.07, 6.45) is 1.16. The number of aromatic nitrogens is 1. The number of hydrogen-bond donors (Lipinski definition) is 0. The molecule has 0 aromatic carbocycles. The number of pyridine rings is 1. The van der Waals surface area contributed by atoms with Gasteiger partial charge in [0.05, 0.1) is 0 Å². The van der Waals surface area contributed by atoms with Crippen LogP contribution in [-0.2, 0) is 4.74 Å². The Labute approximate surface area is 124 Å². The first-order valence-electron chi connectivity index (χ1n) is 7.12. The smallest absolute Gasteiger partial charge is 0.410 e. The van der Waals surface area contributed by atoms with Crippen LogP contribution in [0.4, 0.5) is 14.9 Å². The summed E-state index contributed by atoms with van der Waals surface area (Å²) >= 11 is 0. The van der Waals surface area contributed by atoms with Crippen molar-refractivity contribution in [3.05, 3.63) is 24.3 Å². The Hall–Kier alpha value is -1.85. The summed E-state index contributed by atoms with van der Waals surface area (Å²) in [7, 11) is 0. The van der Waals surface area contributed by atoms with Crippen molar-refractivity contribution in [1.82, 2.24) is 9.88 Å². The Morgan fingerprint density at radius 3 is 2.71 bits per heavy atom. The van der Waals surface area contributed by atoms with Gasteiger partial charge in [-0.05, 0) is 33.8 Å². The van der Waals surface area contributed by atoms with Crippen molar-refractivity contribution in [3.8, 4) is 0 Å². The summed E-state index contributed by atoms with van der Waals surface area (Å²) in [6, 6.07) is 3.19. The molecule has 2 heterocycles.